The molecule has 2 N–H and O–H groups in total. The zero-order valence-corrected chi connectivity index (χ0v) is 19.5. The summed E-state index contributed by atoms with van der Waals surface area (Å²) in [5.74, 6) is -0.0147. The van der Waals surface area contributed by atoms with Crippen molar-refractivity contribution in [1.82, 2.24) is 9.97 Å². The Morgan fingerprint density at radius 3 is 2.42 bits per heavy atom. The Kier molecular flexibility index (Phi) is 6.84. The van der Waals surface area contributed by atoms with Gasteiger partial charge in [0.1, 0.15) is 11.6 Å². The van der Waals surface area contributed by atoms with Gasteiger partial charge in [0.15, 0.2) is 5.16 Å². The van der Waals surface area contributed by atoms with E-state index in [0.29, 0.717) is 40.2 Å². The lowest BCUT2D eigenvalue weighted by Crippen LogP contribution is -2.31. The predicted molar refractivity (Wildman–Crippen MR) is 130 cm³/mol. The third kappa shape index (κ3) is 4.52. The molecule has 0 saturated heterocycles. The highest BCUT2D eigenvalue weighted by molar-refractivity contribution is 7.98. The van der Waals surface area contributed by atoms with Crippen molar-refractivity contribution in [3.8, 4) is 5.75 Å². The second-order valence-corrected chi connectivity index (χ2v) is 8.07. The number of anilines is 1. The first-order valence-corrected chi connectivity index (χ1v) is 11.9. The largest absolute Gasteiger partial charge is 0.494 e. The fraction of sp³-hybridized carbons (Fsp3) is 0.240. The van der Waals surface area contributed by atoms with Crippen LogP contribution in [0.25, 0.3) is 5.70 Å². The standard InChI is InChI=1S/C25H25N3O4S/c1-4-31-17-13-11-15(12-14-17)18-19(24(30)32-5-2)21(16-9-7-6-8-10-16)26-22-20(18)23(29)28-25(27-22)33-3/h6-14,18H,4-5H2,1-3H3,(H2,26,27,28,29). The number of H-pyrrole nitrogens is 1. The van der Waals surface area contributed by atoms with Crippen molar-refractivity contribution < 1.29 is 14.3 Å². The minimum atomic E-state index is -0.668. The molecule has 0 bridgehead atoms. The number of aromatic amines is 1. The molecule has 1 aromatic heterocycles. The average Bonchev–Trinajstić information content (AvgIpc) is 2.84. The molecule has 8 heteroatoms. The Labute approximate surface area is 196 Å². The monoisotopic (exact) mass is 463 g/mol. The number of nitrogens with one attached hydrogen (secondary N) is 2. The molecule has 0 amide bonds. The van der Waals surface area contributed by atoms with E-state index in [2.05, 4.69) is 15.3 Å². The summed E-state index contributed by atoms with van der Waals surface area (Å²) in [6.45, 7) is 4.44. The molecule has 33 heavy (non-hydrogen) atoms. The Morgan fingerprint density at radius 2 is 1.79 bits per heavy atom. The summed E-state index contributed by atoms with van der Waals surface area (Å²) >= 11 is 1.34. The van der Waals surface area contributed by atoms with E-state index in [1.54, 1.807) is 6.92 Å². The molecular formula is C25H25N3O4S. The van der Waals surface area contributed by atoms with Crippen molar-refractivity contribution in [2.24, 2.45) is 0 Å². The fourth-order valence-corrected chi connectivity index (χ4v) is 4.29. The zero-order valence-electron chi connectivity index (χ0n) is 18.7. The van der Waals surface area contributed by atoms with Crippen molar-refractivity contribution in [1.29, 1.82) is 0 Å². The number of benzene rings is 2. The molecule has 7 nitrogen and oxygen atoms in total. The topological polar surface area (TPSA) is 93.3 Å². The number of esters is 1. The van der Waals surface area contributed by atoms with Crippen molar-refractivity contribution in [3.63, 3.8) is 0 Å². The minimum Gasteiger partial charge on any atom is -0.494 e. The van der Waals surface area contributed by atoms with E-state index in [1.165, 1.54) is 11.8 Å². The molecule has 0 aliphatic carbocycles. The summed E-state index contributed by atoms with van der Waals surface area (Å²) in [6.07, 6.45) is 1.84. The van der Waals surface area contributed by atoms with E-state index in [1.807, 2.05) is 67.8 Å². The highest BCUT2D eigenvalue weighted by atomic mass is 32.2. The Balaban J connectivity index is 2.00. The normalized spacial score (nSPS) is 14.9. The van der Waals surface area contributed by atoms with Gasteiger partial charge in [-0.15, -0.1) is 0 Å². The summed E-state index contributed by atoms with van der Waals surface area (Å²) in [5, 5.41) is 3.75. The smallest absolute Gasteiger partial charge is 0.337 e. The maximum Gasteiger partial charge on any atom is 0.337 e. The SMILES string of the molecule is CCOC(=O)C1=C(c2ccccc2)Nc2nc(SC)[nH]c(=O)c2C1c1ccc(OCC)cc1. The summed E-state index contributed by atoms with van der Waals surface area (Å²) in [6, 6.07) is 16.9. The van der Waals surface area contributed by atoms with Crippen LogP contribution in [0, 0.1) is 0 Å². The van der Waals surface area contributed by atoms with Gasteiger partial charge in [-0.05, 0) is 43.4 Å². The molecule has 0 spiro atoms. The van der Waals surface area contributed by atoms with Crippen LogP contribution in [0.3, 0.4) is 0 Å². The van der Waals surface area contributed by atoms with Crippen LogP contribution in [0.1, 0.15) is 36.5 Å². The number of aromatic nitrogens is 2. The molecule has 0 fully saturated rings. The molecule has 1 unspecified atom stereocenters. The van der Waals surface area contributed by atoms with E-state index >= 15 is 0 Å². The van der Waals surface area contributed by atoms with Crippen LogP contribution in [0.4, 0.5) is 5.82 Å². The summed E-state index contributed by atoms with van der Waals surface area (Å²) in [5.41, 5.74) is 2.58. The highest BCUT2D eigenvalue weighted by Crippen LogP contribution is 2.43. The number of carbonyl (C=O) groups excluding carboxylic acids is 1. The van der Waals surface area contributed by atoms with Gasteiger partial charge in [-0.3, -0.25) is 4.79 Å². The van der Waals surface area contributed by atoms with Gasteiger partial charge in [-0.1, -0.05) is 54.2 Å². The molecule has 1 aliphatic rings. The number of ether oxygens (including phenoxy) is 2. The molecule has 1 atom stereocenters. The number of thioether (sulfide) groups is 1. The van der Waals surface area contributed by atoms with Crippen LogP contribution in [0.2, 0.25) is 0 Å². The summed E-state index contributed by atoms with van der Waals surface area (Å²) < 4.78 is 11.0. The Bertz CT molecular complexity index is 1240. The van der Waals surface area contributed by atoms with E-state index in [0.717, 1.165) is 11.1 Å². The first kappa shape index (κ1) is 22.7. The van der Waals surface area contributed by atoms with Crippen LogP contribution in [-0.4, -0.2) is 35.4 Å². The van der Waals surface area contributed by atoms with Crippen LogP contribution in [0.15, 0.2) is 70.1 Å². The van der Waals surface area contributed by atoms with Crippen molar-refractivity contribution in [3.05, 3.63) is 87.2 Å². The lowest BCUT2D eigenvalue weighted by atomic mass is 9.81. The minimum absolute atomic E-state index is 0.216. The first-order chi connectivity index (χ1) is 16.1. The number of hydrogen-bond donors (Lipinski definition) is 2. The van der Waals surface area contributed by atoms with Gasteiger partial charge in [0.2, 0.25) is 0 Å². The fourth-order valence-electron chi connectivity index (χ4n) is 3.91. The number of fused-ring (bicyclic) bond motifs is 1. The summed E-state index contributed by atoms with van der Waals surface area (Å²) in [4.78, 5) is 34.0. The number of rotatable bonds is 7. The number of nitrogens with zero attached hydrogens (tertiary/aromatic N) is 1. The third-order valence-corrected chi connectivity index (χ3v) is 5.88. The third-order valence-electron chi connectivity index (χ3n) is 5.30. The van der Waals surface area contributed by atoms with Crippen molar-refractivity contribution >= 4 is 29.2 Å². The van der Waals surface area contributed by atoms with Crippen LogP contribution in [0.5, 0.6) is 5.75 Å². The summed E-state index contributed by atoms with van der Waals surface area (Å²) in [7, 11) is 0. The molecule has 1 aliphatic heterocycles. The maximum absolute atomic E-state index is 13.3. The molecule has 0 radical (unpaired) electrons. The van der Waals surface area contributed by atoms with E-state index in [9.17, 15) is 9.59 Å². The molecule has 2 aromatic carbocycles. The molecule has 0 saturated carbocycles. The van der Waals surface area contributed by atoms with Gasteiger partial charge < -0.3 is 19.8 Å². The predicted octanol–water partition coefficient (Wildman–Crippen LogP) is 4.42. The lowest BCUT2D eigenvalue weighted by molar-refractivity contribution is -0.138. The van der Waals surface area contributed by atoms with Crippen LogP contribution >= 0.6 is 11.8 Å². The molecular weight excluding hydrogens is 438 g/mol. The molecule has 170 valence electrons. The molecule has 3 aromatic rings. The van der Waals surface area contributed by atoms with Crippen LogP contribution < -0.4 is 15.6 Å². The number of hydrogen-bond acceptors (Lipinski definition) is 7. The van der Waals surface area contributed by atoms with Gasteiger partial charge in [-0.25, -0.2) is 9.78 Å². The van der Waals surface area contributed by atoms with Gasteiger partial charge in [-0.2, -0.15) is 0 Å². The van der Waals surface area contributed by atoms with Gasteiger partial charge >= 0.3 is 5.97 Å². The maximum atomic E-state index is 13.3. The average molecular weight is 464 g/mol. The Hall–Kier alpha value is -3.52. The van der Waals surface area contributed by atoms with E-state index < -0.39 is 11.9 Å². The van der Waals surface area contributed by atoms with Gasteiger partial charge in [0.25, 0.3) is 5.56 Å². The van der Waals surface area contributed by atoms with Gasteiger partial charge in [0, 0.05) is 0 Å². The van der Waals surface area contributed by atoms with Crippen molar-refractivity contribution in [2.45, 2.75) is 24.9 Å². The molecule has 2 heterocycles. The van der Waals surface area contributed by atoms with E-state index in [4.69, 9.17) is 9.47 Å². The van der Waals surface area contributed by atoms with Crippen molar-refractivity contribution in [2.75, 3.05) is 24.8 Å². The molecule has 4 rings (SSSR count). The highest BCUT2D eigenvalue weighted by Gasteiger charge is 2.38. The number of carbonyl (C=O) groups is 1. The van der Waals surface area contributed by atoms with Crippen LogP contribution in [-0.2, 0) is 9.53 Å². The second kappa shape index (κ2) is 9.95. The zero-order chi connectivity index (χ0) is 23.4. The van der Waals surface area contributed by atoms with E-state index in [-0.39, 0.29) is 12.2 Å². The van der Waals surface area contributed by atoms with Gasteiger partial charge in [0.05, 0.1) is 36.0 Å². The first-order valence-electron chi connectivity index (χ1n) is 10.7. The lowest BCUT2D eigenvalue weighted by Gasteiger charge is -2.30. The quantitative estimate of drug-likeness (QED) is 0.304. The Morgan fingerprint density at radius 1 is 1.06 bits per heavy atom. The second-order valence-electron chi connectivity index (χ2n) is 7.27.